The Bertz CT molecular complexity index is 1330. The van der Waals surface area contributed by atoms with Gasteiger partial charge >= 0.3 is 0 Å². The van der Waals surface area contributed by atoms with Crippen molar-refractivity contribution in [2.24, 2.45) is 0 Å². The Hall–Kier alpha value is -3.87. The molecule has 0 N–H and O–H groups in total. The van der Waals surface area contributed by atoms with Crippen LogP contribution in [0.2, 0.25) is 0 Å². The van der Waals surface area contributed by atoms with Gasteiger partial charge in [-0.2, -0.15) is 0 Å². The molecule has 1 unspecified atom stereocenters. The van der Waals surface area contributed by atoms with Crippen LogP contribution in [0.25, 0.3) is 5.65 Å². The summed E-state index contributed by atoms with van der Waals surface area (Å²) in [4.78, 5) is 19.5. The molecule has 0 saturated carbocycles. The van der Waals surface area contributed by atoms with Gasteiger partial charge in [0.25, 0.3) is 0 Å². The minimum Gasteiger partial charge on any atom is -0.493 e. The van der Waals surface area contributed by atoms with Crippen LogP contribution in [0.15, 0.2) is 67.0 Å². The van der Waals surface area contributed by atoms with Gasteiger partial charge in [-0.3, -0.25) is 4.79 Å². The molecule has 182 valence electrons. The van der Waals surface area contributed by atoms with E-state index in [2.05, 4.69) is 4.98 Å². The quantitative estimate of drug-likeness (QED) is 0.341. The lowest BCUT2D eigenvalue weighted by Crippen LogP contribution is -2.30. The number of hydrogen-bond donors (Lipinski definition) is 0. The van der Waals surface area contributed by atoms with E-state index in [1.807, 2.05) is 47.9 Å². The number of fused-ring (bicyclic) bond motifs is 1. The van der Waals surface area contributed by atoms with Crippen molar-refractivity contribution >= 4 is 11.6 Å². The minimum absolute atomic E-state index is 0.0687. The fourth-order valence-corrected chi connectivity index (χ4v) is 4.28. The summed E-state index contributed by atoms with van der Waals surface area (Å²) < 4.78 is 27.5. The SMILES string of the molecule is COc1ccc(CCN(C)C(=O)CC(c2ccccc2F)c2cnc3cc(C)ccn23)cc1OC. The van der Waals surface area contributed by atoms with Crippen LogP contribution in [0.3, 0.4) is 0 Å². The molecule has 4 aromatic rings. The summed E-state index contributed by atoms with van der Waals surface area (Å²) in [5.74, 6) is 0.448. The second-order valence-electron chi connectivity index (χ2n) is 8.65. The van der Waals surface area contributed by atoms with Gasteiger partial charge in [0.2, 0.25) is 5.91 Å². The largest absolute Gasteiger partial charge is 0.493 e. The van der Waals surface area contributed by atoms with Gasteiger partial charge in [-0.25, -0.2) is 9.37 Å². The third-order valence-corrected chi connectivity index (χ3v) is 6.32. The van der Waals surface area contributed by atoms with Crippen molar-refractivity contribution in [3.63, 3.8) is 0 Å². The van der Waals surface area contributed by atoms with E-state index in [0.29, 0.717) is 30.0 Å². The molecule has 2 heterocycles. The summed E-state index contributed by atoms with van der Waals surface area (Å²) in [6.45, 7) is 2.52. The molecular formula is C28H30FN3O3. The van der Waals surface area contributed by atoms with Gasteiger partial charge in [0.05, 0.1) is 19.9 Å². The van der Waals surface area contributed by atoms with E-state index in [-0.39, 0.29) is 18.1 Å². The number of rotatable bonds is 9. The summed E-state index contributed by atoms with van der Waals surface area (Å²) in [7, 11) is 4.97. The van der Waals surface area contributed by atoms with Crippen LogP contribution in [-0.4, -0.2) is 48.0 Å². The first kappa shape index (κ1) is 24.3. The average molecular weight is 476 g/mol. The maximum absolute atomic E-state index is 14.9. The number of imidazole rings is 1. The number of amides is 1. The summed E-state index contributed by atoms with van der Waals surface area (Å²) in [5, 5.41) is 0. The zero-order valence-corrected chi connectivity index (χ0v) is 20.5. The zero-order valence-electron chi connectivity index (χ0n) is 20.5. The molecule has 0 radical (unpaired) electrons. The number of methoxy groups -OCH3 is 2. The lowest BCUT2D eigenvalue weighted by Gasteiger charge is -2.23. The standard InChI is InChI=1S/C28H30FN3O3/c1-19-11-14-32-24(18-30-27(32)15-19)22(21-7-5-6-8-23(21)29)17-28(33)31(2)13-12-20-9-10-25(34-3)26(16-20)35-4/h5-11,14-16,18,22H,12-13,17H2,1-4H3. The first-order valence-corrected chi connectivity index (χ1v) is 11.5. The molecule has 2 aromatic heterocycles. The van der Waals surface area contributed by atoms with Crippen LogP contribution in [0.5, 0.6) is 11.5 Å². The minimum atomic E-state index is -0.468. The number of pyridine rings is 1. The predicted molar refractivity (Wildman–Crippen MR) is 134 cm³/mol. The number of nitrogens with zero attached hydrogens (tertiary/aromatic N) is 3. The average Bonchev–Trinajstić information content (AvgIpc) is 3.28. The third kappa shape index (κ3) is 5.29. The Balaban J connectivity index is 1.55. The number of carbonyl (C=O) groups excluding carboxylic acids is 1. The van der Waals surface area contributed by atoms with Gasteiger partial charge in [-0.05, 0) is 60.4 Å². The van der Waals surface area contributed by atoms with Crippen molar-refractivity contribution in [3.05, 3.63) is 95.2 Å². The van der Waals surface area contributed by atoms with E-state index in [9.17, 15) is 9.18 Å². The van der Waals surface area contributed by atoms with E-state index < -0.39 is 5.92 Å². The number of ether oxygens (including phenoxy) is 2. The molecule has 0 saturated heterocycles. The molecule has 0 bridgehead atoms. The monoisotopic (exact) mass is 475 g/mol. The van der Waals surface area contributed by atoms with Gasteiger partial charge < -0.3 is 18.8 Å². The number of hydrogen-bond acceptors (Lipinski definition) is 4. The van der Waals surface area contributed by atoms with Crippen molar-refractivity contribution < 1.29 is 18.7 Å². The Labute approximate surface area is 204 Å². The van der Waals surface area contributed by atoms with Crippen molar-refractivity contribution in [1.82, 2.24) is 14.3 Å². The van der Waals surface area contributed by atoms with E-state index >= 15 is 0 Å². The highest BCUT2D eigenvalue weighted by Crippen LogP contribution is 2.32. The topological polar surface area (TPSA) is 56.1 Å². The summed E-state index contributed by atoms with van der Waals surface area (Å²) in [6, 6.07) is 16.3. The Morgan fingerprint density at radius 1 is 1.09 bits per heavy atom. The first-order valence-electron chi connectivity index (χ1n) is 11.5. The number of carbonyl (C=O) groups is 1. The van der Waals surface area contributed by atoms with Gasteiger partial charge in [0.1, 0.15) is 11.5 Å². The molecule has 0 fully saturated rings. The van der Waals surface area contributed by atoms with Crippen LogP contribution in [0.4, 0.5) is 4.39 Å². The maximum Gasteiger partial charge on any atom is 0.223 e. The lowest BCUT2D eigenvalue weighted by molar-refractivity contribution is -0.130. The van der Waals surface area contributed by atoms with Gasteiger partial charge in [0.15, 0.2) is 11.5 Å². The molecule has 1 amide bonds. The van der Waals surface area contributed by atoms with Crippen molar-refractivity contribution in [3.8, 4) is 11.5 Å². The van der Waals surface area contributed by atoms with Crippen LogP contribution < -0.4 is 9.47 Å². The fourth-order valence-electron chi connectivity index (χ4n) is 4.28. The van der Waals surface area contributed by atoms with Gasteiger partial charge in [0, 0.05) is 38.3 Å². The van der Waals surface area contributed by atoms with Crippen molar-refractivity contribution in [2.45, 2.75) is 25.7 Å². The molecule has 2 aromatic carbocycles. The van der Waals surface area contributed by atoms with E-state index in [1.165, 1.54) is 6.07 Å². The molecule has 4 rings (SSSR count). The van der Waals surface area contributed by atoms with E-state index in [0.717, 1.165) is 22.5 Å². The van der Waals surface area contributed by atoms with Crippen molar-refractivity contribution in [2.75, 3.05) is 27.8 Å². The normalized spacial score (nSPS) is 11.9. The van der Waals surface area contributed by atoms with Crippen molar-refractivity contribution in [1.29, 1.82) is 0 Å². The number of likely N-dealkylation sites (N-methyl/N-ethyl adjacent to an activating group) is 1. The Morgan fingerprint density at radius 3 is 2.60 bits per heavy atom. The summed E-state index contributed by atoms with van der Waals surface area (Å²) in [6.07, 6.45) is 4.45. The number of aryl methyl sites for hydroxylation is 1. The second kappa shape index (κ2) is 10.6. The highest BCUT2D eigenvalue weighted by Gasteiger charge is 2.26. The molecule has 0 aliphatic rings. The van der Waals surface area contributed by atoms with Crippen LogP contribution in [-0.2, 0) is 11.2 Å². The highest BCUT2D eigenvalue weighted by molar-refractivity contribution is 5.77. The smallest absolute Gasteiger partial charge is 0.223 e. The number of halogens is 1. The molecule has 6 nitrogen and oxygen atoms in total. The summed E-state index contributed by atoms with van der Waals surface area (Å²) in [5.41, 5.74) is 4.16. The van der Waals surface area contributed by atoms with Gasteiger partial charge in [-0.1, -0.05) is 24.3 Å². The van der Waals surface area contributed by atoms with Gasteiger partial charge in [-0.15, -0.1) is 0 Å². The molecule has 7 heteroatoms. The van der Waals surface area contributed by atoms with Crippen LogP contribution >= 0.6 is 0 Å². The summed E-state index contributed by atoms with van der Waals surface area (Å²) >= 11 is 0. The molecule has 1 atom stereocenters. The highest BCUT2D eigenvalue weighted by atomic mass is 19.1. The van der Waals surface area contributed by atoms with Crippen LogP contribution in [0, 0.1) is 12.7 Å². The Morgan fingerprint density at radius 2 is 1.86 bits per heavy atom. The third-order valence-electron chi connectivity index (χ3n) is 6.32. The maximum atomic E-state index is 14.9. The molecule has 0 spiro atoms. The zero-order chi connectivity index (χ0) is 24.9. The molecular weight excluding hydrogens is 445 g/mol. The van der Waals surface area contributed by atoms with E-state index in [1.54, 1.807) is 50.6 Å². The number of benzene rings is 2. The predicted octanol–water partition coefficient (Wildman–Crippen LogP) is 5.02. The number of aromatic nitrogens is 2. The Kier molecular flexibility index (Phi) is 7.34. The molecule has 0 aliphatic carbocycles. The first-order chi connectivity index (χ1) is 16.9. The second-order valence-corrected chi connectivity index (χ2v) is 8.65. The molecule has 0 aliphatic heterocycles. The van der Waals surface area contributed by atoms with E-state index in [4.69, 9.17) is 9.47 Å². The van der Waals surface area contributed by atoms with Crippen LogP contribution in [0.1, 0.15) is 34.7 Å². The molecule has 35 heavy (non-hydrogen) atoms. The fraction of sp³-hybridized carbons (Fsp3) is 0.286. The lowest BCUT2D eigenvalue weighted by atomic mass is 9.91.